The molecular formula is C17H32BNO. The molecular weight excluding hydrogens is 245 g/mol. The van der Waals surface area contributed by atoms with Crippen molar-refractivity contribution in [2.24, 2.45) is 23.7 Å². The second-order valence-corrected chi connectivity index (χ2v) is 8.00. The molecule has 1 saturated carbocycles. The Morgan fingerprint density at radius 1 is 1.15 bits per heavy atom. The van der Waals surface area contributed by atoms with E-state index in [0.717, 1.165) is 30.6 Å². The standard InChI is InChI=1S/C17H32BNO/c1-11(2)9-13-10-19(12(3)4)17(20)16-8-6-14(18)5-7-15(13)16/h11-16H,5-10,18H2,1-4H3. The van der Waals surface area contributed by atoms with E-state index in [0.29, 0.717) is 23.8 Å². The van der Waals surface area contributed by atoms with Crippen molar-refractivity contribution in [3.8, 4) is 0 Å². The van der Waals surface area contributed by atoms with Crippen LogP contribution in [0.4, 0.5) is 0 Å². The molecule has 1 aliphatic heterocycles. The van der Waals surface area contributed by atoms with E-state index in [4.69, 9.17) is 0 Å². The lowest BCUT2D eigenvalue weighted by Gasteiger charge is -2.45. The van der Waals surface area contributed by atoms with E-state index >= 15 is 0 Å². The van der Waals surface area contributed by atoms with Gasteiger partial charge in [-0.1, -0.05) is 32.5 Å². The van der Waals surface area contributed by atoms with Crippen LogP contribution in [-0.4, -0.2) is 31.2 Å². The first-order valence-corrected chi connectivity index (χ1v) is 8.70. The Morgan fingerprint density at radius 3 is 2.40 bits per heavy atom. The summed E-state index contributed by atoms with van der Waals surface area (Å²) in [6, 6.07) is 0.360. The average Bonchev–Trinajstić information content (AvgIpc) is 2.55. The molecule has 2 nitrogen and oxygen atoms in total. The van der Waals surface area contributed by atoms with Gasteiger partial charge >= 0.3 is 0 Å². The van der Waals surface area contributed by atoms with Crippen LogP contribution in [0, 0.1) is 23.7 Å². The molecule has 2 fully saturated rings. The van der Waals surface area contributed by atoms with Crippen molar-refractivity contribution in [2.45, 2.75) is 71.7 Å². The highest BCUT2D eigenvalue weighted by atomic mass is 16.2. The second kappa shape index (κ2) is 6.53. The van der Waals surface area contributed by atoms with Crippen LogP contribution in [0.3, 0.4) is 0 Å². The van der Waals surface area contributed by atoms with Crippen LogP contribution in [0.15, 0.2) is 0 Å². The van der Waals surface area contributed by atoms with Crippen LogP contribution in [0.25, 0.3) is 0 Å². The van der Waals surface area contributed by atoms with Crippen molar-refractivity contribution in [1.29, 1.82) is 0 Å². The summed E-state index contributed by atoms with van der Waals surface area (Å²) in [6.07, 6.45) is 6.26. The van der Waals surface area contributed by atoms with Crippen molar-refractivity contribution < 1.29 is 4.79 Å². The molecule has 3 heteroatoms. The number of carbonyl (C=O) groups excluding carboxylic acids is 1. The number of nitrogens with zero attached hydrogens (tertiary/aromatic N) is 1. The number of hydrogen-bond acceptors (Lipinski definition) is 1. The van der Waals surface area contributed by atoms with Gasteiger partial charge in [0, 0.05) is 18.5 Å². The van der Waals surface area contributed by atoms with Crippen molar-refractivity contribution in [2.75, 3.05) is 6.54 Å². The molecule has 0 aromatic rings. The Hall–Kier alpha value is -0.465. The lowest BCUT2D eigenvalue weighted by molar-refractivity contribution is -0.147. The number of hydrogen-bond donors (Lipinski definition) is 0. The quantitative estimate of drug-likeness (QED) is 0.726. The summed E-state index contributed by atoms with van der Waals surface area (Å²) < 4.78 is 0. The molecule has 1 aliphatic carbocycles. The first-order chi connectivity index (χ1) is 9.40. The van der Waals surface area contributed by atoms with E-state index in [2.05, 4.69) is 40.4 Å². The predicted molar refractivity (Wildman–Crippen MR) is 87.5 cm³/mol. The number of likely N-dealkylation sites (tertiary alicyclic amines) is 1. The fourth-order valence-electron chi connectivity index (χ4n) is 4.38. The molecule has 20 heavy (non-hydrogen) atoms. The van der Waals surface area contributed by atoms with Gasteiger partial charge in [0.2, 0.25) is 5.91 Å². The van der Waals surface area contributed by atoms with Gasteiger partial charge in [0.15, 0.2) is 0 Å². The highest BCUT2D eigenvalue weighted by molar-refractivity contribution is 6.11. The third kappa shape index (κ3) is 3.40. The van der Waals surface area contributed by atoms with Gasteiger partial charge in [-0.05, 0) is 50.9 Å². The van der Waals surface area contributed by atoms with Crippen LogP contribution in [0.1, 0.15) is 59.8 Å². The first-order valence-electron chi connectivity index (χ1n) is 8.70. The van der Waals surface area contributed by atoms with Crippen LogP contribution in [0.5, 0.6) is 0 Å². The summed E-state index contributed by atoms with van der Waals surface area (Å²) >= 11 is 0. The number of rotatable bonds is 3. The topological polar surface area (TPSA) is 20.3 Å². The van der Waals surface area contributed by atoms with Crippen molar-refractivity contribution in [3.63, 3.8) is 0 Å². The number of amides is 1. The maximum Gasteiger partial charge on any atom is 0.226 e. The Kier molecular flexibility index (Phi) is 5.20. The monoisotopic (exact) mass is 277 g/mol. The second-order valence-electron chi connectivity index (χ2n) is 8.00. The first kappa shape index (κ1) is 15.9. The summed E-state index contributed by atoms with van der Waals surface area (Å²) in [5, 5.41) is 0. The van der Waals surface area contributed by atoms with Gasteiger partial charge in [0.1, 0.15) is 7.85 Å². The normalized spacial score (nSPS) is 35.3. The van der Waals surface area contributed by atoms with E-state index < -0.39 is 0 Å². The molecule has 0 aromatic heterocycles. The van der Waals surface area contributed by atoms with E-state index in [1.807, 2.05) is 0 Å². The number of carbonyl (C=O) groups is 1. The molecule has 0 radical (unpaired) electrons. The summed E-state index contributed by atoms with van der Waals surface area (Å²) in [4.78, 5) is 15.0. The molecule has 4 unspecified atom stereocenters. The molecule has 4 atom stereocenters. The summed E-state index contributed by atoms with van der Waals surface area (Å²) in [7, 11) is 2.36. The summed E-state index contributed by atoms with van der Waals surface area (Å²) in [5.41, 5.74) is 0. The minimum absolute atomic E-state index is 0.319. The fourth-order valence-corrected chi connectivity index (χ4v) is 4.38. The van der Waals surface area contributed by atoms with Gasteiger partial charge < -0.3 is 4.90 Å². The molecule has 1 saturated heterocycles. The Morgan fingerprint density at radius 2 is 1.80 bits per heavy atom. The molecule has 1 heterocycles. The number of piperidine rings is 1. The molecule has 0 aromatic carbocycles. The molecule has 1 amide bonds. The molecule has 2 rings (SSSR count). The minimum atomic E-state index is 0.319. The lowest BCUT2D eigenvalue weighted by Crippen LogP contribution is -2.53. The summed E-state index contributed by atoms with van der Waals surface area (Å²) in [6.45, 7) is 9.99. The third-order valence-corrected chi connectivity index (χ3v) is 5.51. The maximum atomic E-state index is 12.8. The zero-order valence-corrected chi connectivity index (χ0v) is 14.1. The van der Waals surface area contributed by atoms with Gasteiger partial charge in [0.25, 0.3) is 0 Å². The van der Waals surface area contributed by atoms with Crippen LogP contribution >= 0.6 is 0 Å². The highest BCUT2D eigenvalue weighted by Gasteiger charge is 2.43. The minimum Gasteiger partial charge on any atom is -0.340 e. The fraction of sp³-hybridized carbons (Fsp3) is 0.941. The van der Waals surface area contributed by atoms with Crippen LogP contribution in [0.2, 0.25) is 5.82 Å². The van der Waals surface area contributed by atoms with E-state index in [-0.39, 0.29) is 0 Å². The molecule has 0 bridgehead atoms. The van der Waals surface area contributed by atoms with E-state index in [9.17, 15) is 4.79 Å². The SMILES string of the molecule is BC1CCC2C(=O)N(C(C)C)CC(CC(C)C)C2CC1. The van der Waals surface area contributed by atoms with Gasteiger partial charge in [-0.3, -0.25) is 4.79 Å². The van der Waals surface area contributed by atoms with E-state index in [1.165, 1.54) is 25.7 Å². The zero-order chi connectivity index (χ0) is 14.9. The smallest absolute Gasteiger partial charge is 0.226 e. The van der Waals surface area contributed by atoms with Crippen LogP contribution in [-0.2, 0) is 4.79 Å². The molecule has 2 aliphatic rings. The van der Waals surface area contributed by atoms with E-state index in [1.54, 1.807) is 0 Å². The zero-order valence-electron chi connectivity index (χ0n) is 14.1. The van der Waals surface area contributed by atoms with Gasteiger partial charge in [-0.15, -0.1) is 0 Å². The van der Waals surface area contributed by atoms with Crippen molar-refractivity contribution >= 4 is 13.8 Å². The van der Waals surface area contributed by atoms with Crippen molar-refractivity contribution in [1.82, 2.24) is 4.90 Å². The largest absolute Gasteiger partial charge is 0.340 e. The average molecular weight is 277 g/mol. The lowest BCUT2D eigenvalue weighted by atomic mass is 9.71. The van der Waals surface area contributed by atoms with Gasteiger partial charge in [0.05, 0.1) is 0 Å². The Balaban J connectivity index is 2.20. The Labute approximate surface area is 126 Å². The maximum absolute atomic E-state index is 12.8. The number of fused-ring (bicyclic) bond motifs is 1. The predicted octanol–water partition coefficient (Wildman–Crippen LogP) is 3.13. The van der Waals surface area contributed by atoms with Gasteiger partial charge in [-0.2, -0.15) is 0 Å². The highest BCUT2D eigenvalue weighted by Crippen LogP contribution is 2.43. The van der Waals surface area contributed by atoms with Crippen molar-refractivity contribution in [3.05, 3.63) is 0 Å². The molecule has 0 spiro atoms. The molecule has 0 N–H and O–H groups in total. The van der Waals surface area contributed by atoms with Gasteiger partial charge in [-0.25, -0.2) is 0 Å². The summed E-state index contributed by atoms with van der Waals surface area (Å²) in [5.74, 6) is 3.71. The third-order valence-electron chi connectivity index (χ3n) is 5.51. The Bertz CT molecular complexity index is 342. The molecule has 114 valence electrons. The van der Waals surface area contributed by atoms with Crippen LogP contribution < -0.4 is 0 Å².